The SMILES string of the molecule is CC(=O)O[C@@H](C)C(=O)Nc1ccc([C@@H]2O[C@H](CSc3ccccn3)C[C@H](c3ccc(CO)cc3)O2)cc1. The van der Waals surface area contributed by atoms with Crippen LogP contribution in [0.2, 0.25) is 0 Å². The molecule has 2 N–H and O–H groups in total. The highest BCUT2D eigenvalue weighted by atomic mass is 32.2. The van der Waals surface area contributed by atoms with Crippen LogP contribution in [0.25, 0.3) is 0 Å². The lowest BCUT2D eigenvalue weighted by molar-refractivity contribution is -0.245. The number of carbonyl (C=O) groups is 2. The van der Waals surface area contributed by atoms with Gasteiger partial charge in [0.15, 0.2) is 12.4 Å². The molecular weight excluding hydrogens is 492 g/mol. The monoisotopic (exact) mass is 522 g/mol. The minimum Gasteiger partial charge on any atom is -0.453 e. The predicted octanol–water partition coefficient (Wildman–Crippen LogP) is 4.80. The van der Waals surface area contributed by atoms with Crippen molar-refractivity contribution in [2.24, 2.45) is 0 Å². The summed E-state index contributed by atoms with van der Waals surface area (Å²) >= 11 is 1.64. The van der Waals surface area contributed by atoms with Crippen LogP contribution in [0.15, 0.2) is 78.0 Å². The average molecular weight is 523 g/mol. The second-order valence-corrected chi connectivity index (χ2v) is 9.73. The van der Waals surface area contributed by atoms with Gasteiger partial charge in [0.25, 0.3) is 5.91 Å². The molecule has 4 rings (SSSR count). The number of aromatic nitrogens is 1. The highest BCUT2D eigenvalue weighted by molar-refractivity contribution is 7.99. The van der Waals surface area contributed by atoms with Gasteiger partial charge >= 0.3 is 5.97 Å². The number of rotatable bonds is 9. The van der Waals surface area contributed by atoms with Crippen LogP contribution in [-0.4, -0.2) is 39.9 Å². The average Bonchev–Trinajstić information content (AvgIpc) is 2.92. The Morgan fingerprint density at radius 3 is 2.46 bits per heavy atom. The van der Waals surface area contributed by atoms with Crippen LogP contribution in [0.3, 0.4) is 0 Å². The minimum absolute atomic E-state index is 0.0105. The summed E-state index contributed by atoms with van der Waals surface area (Å²) in [4.78, 5) is 27.7. The predicted molar refractivity (Wildman–Crippen MR) is 140 cm³/mol. The lowest BCUT2D eigenvalue weighted by atomic mass is 10.0. The van der Waals surface area contributed by atoms with Crippen molar-refractivity contribution < 1.29 is 28.9 Å². The number of carbonyl (C=O) groups excluding carboxylic acids is 2. The summed E-state index contributed by atoms with van der Waals surface area (Å²) in [7, 11) is 0. The number of ether oxygens (including phenoxy) is 3. The number of hydrogen-bond acceptors (Lipinski definition) is 8. The van der Waals surface area contributed by atoms with Crippen molar-refractivity contribution in [3.8, 4) is 0 Å². The number of nitrogens with one attached hydrogen (secondary N) is 1. The molecule has 3 aromatic rings. The van der Waals surface area contributed by atoms with E-state index in [4.69, 9.17) is 14.2 Å². The van der Waals surface area contributed by atoms with Crippen molar-refractivity contribution >= 4 is 29.3 Å². The molecule has 1 aromatic heterocycles. The molecule has 37 heavy (non-hydrogen) atoms. The molecule has 0 bridgehead atoms. The maximum Gasteiger partial charge on any atom is 0.303 e. The summed E-state index contributed by atoms with van der Waals surface area (Å²) < 4.78 is 17.6. The lowest BCUT2D eigenvalue weighted by Crippen LogP contribution is -2.31. The van der Waals surface area contributed by atoms with Gasteiger partial charge in [-0.15, -0.1) is 11.8 Å². The van der Waals surface area contributed by atoms with Crippen LogP contribution in [0, 0.1) is 0 Å². The van der Waals surface area contributed by atoms with E-state index in [0.717, 1.165) is 21.7 Å². The van der Waals surface area contributed by atoms with E-state index in [2.05, 4.69) is 10.3 Å². The number of anilines is 1. The Labute approximate surface area is 220 Å². The quantitative estimate of drug-likeness (QED) is 0.305. The number of hydrogen-bond donors (Lipinski definition) is 2. The molecule has 1 aliphatic rings. The Bertz CT molecular complexity index is 1170. The van der Waals surface area contributed by atoms with Crippen molar-refractivity contribution in [2.75, 3.05) is 11.1 Å². The van der Waals surface area contributed by atoms with E-state index in [1.807, 2.05) is 54.6 Å². The number of pyridine rings is 1. The fourth-order valence-corrected chi connectivity index (χ4v) is 4.78. The molecular formula is C28H30N2O6S. The first-order valence-corrected chi connectivity index (χ1v) is 13.0. The fraction of sp³-hybridized carbons (Fsp3) is 0.321. The maximum atomic E-state index is 12.3. The number of aliphatic hydroxyl groups excluding tert-OH is 1. The summed E-state index contributed by atoms with van der Waals surface area (Å²) in [5.74, 6) is -0.211. The zero-order chi connectivity index (χ0) is 26.2. The highest BCUT2D eigenvalue weighted by Gasteiger charge is 2.32. The van der Waals surface area contributed by atoms with E-state index in [1.165, 1.54) is 13.8 Å². The van der Waals surface area contributed by atoms with Gasteiger partial charge < -0.3 is 24.6 Å². The topological polar surface area (TPSA) is 107 Å². The van der Waals surface area contributed by atoms with E-state index >= 15 is 0 Å². The van der Waals surface area contributed by atoms with Gasteiger partial charge in [-0.25, -0.2) is 4.98 Å². The normalized spacial score (nSPS) is 20.1. The van der Waals surface area contributed by atoms with E-state index < -0.39 is 24.3 Å². The van der Waals surface area contributed by atoms with Crippen molar-refractivity contribution in [1.29, 1.82) is 0 Å². The third-order valence-electron chi connectivity index (χ3n) is 5.83. The third kappa shape index (κ3) is 7.62. The molecule has 1 amide bonds. The van der Waals surface area contributed by atoms with Crippen LogP contribution in [0.4, 0.5) is 5.69 Å². The van der Waals surface area contributed by atoms with Gasteiger partial charge in [-0.1, -0.05) is 42.5 Å². The van der Waals surface area contributed by atoms with E-state index in [1.54, 1.807) is 30.1 Å². The van der Waals surface area contributed by atoms with E-state index in [0.29, 0.717) is 17.9 Å². The van der Waals surface area contributed by atoms with Gasteiger partial charge in [-0.2, -0.15) is 0 Å². The molecule has 8 nitrogen and oxygen atoms in total. The molecule has 0 radical (unpaired) electrons. The second-order valence-electron chi connectivity index (χ2n) is 8.69. The number of esters is 1. The number of aliphatic hydroxyl groups is 1. The van der Waals surface area contributed by atoms with E-state index in [-0.39, 0.29) is 18.8 Å². The Kier molecular flexibility index (Phi) is 9.29. The molecule has 2 aromatic carbocycles. The Morgan fingerprint density at radius 2 is 1.81 bits per heavy atom. The molecule has 2 heterocycles. The Morgan fingerprint density at radius 1 is 1.08 bits per heavy atom. The molecule has 0 unspecified atom stereocenters. The van der Waals surface area contributed by atoms with Gasteiger partial charge in [0.05, 0.1) is 23.8 Å². The molecule has 1 fully saturated rings. The summed E-state index contributed by atoms with van der Waals surface area (Å²) in [5.41, 5.74) is 3.24. The smallest absolute Gasteiger partial charge is 0.303 e. The Balaban J connectivity index is 1.47. The van der Waals surface area contributed by atoms with Crippen LogP contribution in [-0.2, 0) is 30.4 Å². The summed E-state index contributed by atoms with van der Waals surface area (Å²) in [6.07, 6.45) is 0.682. The first kappa shape index (κ1) is 26.8. The maximum absolute atomic E-state index is 12.3. The molecule has 4 atom stereocenters. The van der Waals surface area contributed by atoms with Crippen molar-refractivity contribution in [3.63, 3.8) is 0 Å². The largest absolute Gasteiger partial charge is 0.453 e. The molecule has 0 aliphatic carbocycles. The molecule has 1 aliphatic heterocycles. The zero-order valence-electron chi connectivity index (χ0n) is 20.7. The zero-order valence-corrected chi connectivity index (χ0v) is 21.5. The first-order valence-electron chi connectivity index (χ1n) is 12.0. The summed E-state index contributed by atoms with van der Waals surface area (Å²) in [5, 5.41) is 13.1. The van der Waals surface area contributed by atoms with Gasteiger partial charge in [0, 0.05) is 36.5 Å². The summed E-state index contributed by atoms with van der Waals surface area (Å²) in [6.45, 7) is 2.77. The minimum atomic E-state index is -0.891. The fourth-order valence-electron chi connectivity index (χ4n) is 3.90. The second kappa shape index (κ2) is 12.8. The van der Waals surface area contributed by atoms with E-state index in [9.17, 15) is 14.7 Å². The van der Waals surface area contributed by atoms with Crippen LogP contribution in [0.1, 0.15) is 49.4 Å². The summed E-state index contributed by atoms with van der Waals surface area (Å²) in [6, 6.07) is 20.8. The van der Waals surface area contributed by atoms with Crippen molar-refractivity contribution in [1.82, 2.24) is 4.98 Å². The molecule has 0 saturated carbocycles. The molecule has 0 spiro atoms. The Hall–Kier alpha value is -3.24. The molecule has 194 valence electrons. The molecule has 1 saturated heterocycles. The van der Waals surface area contributed by atoms with Gasteiger partial charge in [0.1, 0.15) is 0 Å². The van der Waals surface area contributed by atoms with Crippen molar-refractivity contribution in [2.45, 2.75) is 56.5 Å². The van der Waals surface area contributed by atoms with Crippen LogP contribution in [0.5, 0.6) is 0 Å². The lowest BCUT2D eigenvalue weighted by Gasteiger charge is -2.36. The number of amides is 1. The number of thioether (sulfide) groups is 1. The number of benzene rings is 2. The third-order valence-corrected chi connectivity index (χ3v) is 6.91. The van der Waals surface area contributed by atoms with Crippen LogP contribution >= 0.6 is 11.8 Å². The standard InChI is InChI=1S/C28H30N2O6S/c1-18(34-19(2)32)27(33)30-23-12-10-22(11-13-23)28-35-24(17-37-26-5-3-4-14-29-26)15-25(36-28)21-8-6-20(16-31)7-9-21/h3-14,18,24-25,28,31H,15-17H2,1-2H3,(H,30,33)/t18-,24-,25+,28+/m0/s1. The number of nitrogens with zero attached hydrogens (tertiary/aromatic N) is 1. The first-order chi connectivity index (χ1) is 17.9. The highest BCUT2D eigenvalue weighted by Crippen LogP contribution is 2.39. The van der Waals surface area contributed by atoms with Crippen LogP contribution < -0.4 is 5.32 Å². The van der Waals surface area contributed by atoms with Crippen molar-refractivity contribution in [3.05, 3.63) is 89.6 Å². The van der Waals surface area contributed by atoms with Gasteiger partial charge in [-0.3, -0.25) is 9.59 Å². The molecule has 9 heteroatoms. The van der Waals surface area contributed by atoms with Gasteiger partial charge in [-0.05, 0) is 42.3 Å². The van der Waals surface area contributed by atoms with Gasteiger partial charge in [0.2, 0.25) is 0 Å².